The first-order chi connectivity index (χ1) is 6.11. The number of rotatable bonds is 2. The summed E-state index contributed by atoms with van der Waals surface area (Å²) in [6.07, 6.45) is 0. The molecule has 0 heterocycles. The Hall–Kier alpha value is -1.29. The van der Waals surface area contributed by atoms with Crippen LogP contribution in [0.2, 0.25) is 13.1 Å². The van der Waals surface area contributed by atoms with E-state index in [-0.39, 0.29) is 11.3 Å². The molecule has 0 saturated carbocycles. The molecule has 4 heteroatoms. The molecule has 0 aliphatic rings. The van der Waals surface area contributed by atoms with Gasteiger partial charge in [0.25, 0.3) is 0 Å². The summed E-state index contributed by atoms with van der Waals surface area (Å²) >= 11 is 0. The molecule has 0 amide bonds. The van der Waals surface area contributed by atoms with Crippen molar-refractivity contribution in [1.29, 1.82) is 0 Å². The van der Waals surface area contributed by atoms with E-state index in [0.29, 0.717) is 0 Å². The molecule has 1 rings (SSSR count). The van der Waals surface area contributed by atoms with E-state index in [1.165, 1.54) is 6.07 Å². The first-order valence-electron chi connectivity index (χ1n) is 4.10. The summed E-state index contributed by atoms with van der Waals surface area (Å²) < 4.78 is 5.06. The Labute approximate surface area is 78.7 Å². The van der Waals surface area contributed by atoms with E-state index in [9.17, 15) is 9.90 Å². The largest absolute Gasteiger partial charge is 0.519 e. The number of carbonyl (C=O) groups is 1. The van der Waals surface area contributed by atoms with Crippen LogP contribution in [0.5, 0.6) is 5.75 Å². The number of para-hydroxylation sites is 1. The molecule has 0 unspecified atom stereocenters. The normalized spacial score (nSPS) is 10.1. The minimum absolute atomic E-state index is 0.0258. The van der Waals surface area contributed by atoms with Crippen LogP contribution in [0.15, 0.2) is 24.3 Å². The molecule has 0 radical (unpaired) electrons. The van der Waals surface area contributed by atoms with Gasteiger partial charge in [-0.1, -0.05) is 12.1 Å². The monoisotopic (exact) mass is 196 g/mol. The summed E-state index contributed by atoms with van der Waals surface area (Å²) in [5.74, 6) is -0.457. The Morgan fingerprint density at radius 3 is 2.54 bits per heavy atom. The Balaban J connectivity index is 2.83. The van der Waals surface area contributed by atoms with E-state index in [1.807, 2.05) is 13.1 Å². The van der Waals surface area contributed by atoms with Gasteiger partial charge >= 0.3 is 5.97 Å². The van der Waals surface area contributed by atoms with E-state index in [0.717, 1.165) is 0 Å². The van der Waals surface area contributed by atoms with Gasteiger partial charge in [0.1, 0.15) is 5.75 Å². The van der Waals surface area contributed by atoms with Crippen molar-refractivity contribution in [1.82, 2.24) is 0 Å². The van der Waals surface area contributed by atoms with E-state index in [4.69, 9.17) is 4.43 Å². The highest BCUT2D eigenvalue weighted by Crippen LogP contribution is 2.16. The fourth-order valence-corrected chi connectivity index (χ4v) is 1.48. The third kappa shape index (κ3) is 2.59. The van der Waals surface area contributed by atoms with Crippen molar-refractivity contribution < 1.29 is 14.3 Å². The van der Waals surface area contributed by atoms with Crippen LogP contribution < -0.4 is 0 Å². The Morgan fingerprint density at radius 1 is 1.38 bits per heavy atom. The molecule has 0 aromatic heterocycles. The summed E-state index contributed by atoms with van der Waals surface area (Å²) in [6, 6.07) is 6.38. The molecule has 0 aliphatic carbocycles. The zero-order chi connectivity index (χ0) is 9.84. The number of phenols is 1. The number of hydrogen-bond donors (Lipinski definition) is 1. The van der Waals surface area contributed by atoms with Gasteiger partial charge in [-0.05, 0) is 25.2 Å². The minimum atomic E-state index is -1.38. The lowest BCUT2D eigenvalue weighted by Crippen LogP contribution is -2.15. The molecule has 3 nitrogen and oxygen atoms in total. The third-order valence-electron chi connectivity index (χ3n) is 1.47. The smallest absolute Gasteiger partial charge is 0.328 e. The fraction of sp³-hybridized carbons (Fsp3) is 0.222. The quantitative estimate of drug-likeness (QED) is 0.730. The van der Waals surface area contributed by atoms with E-state index in [2.05, 4.69) is 0 Å². The second kappa shape index (κ2) is 4.09. The first-order valence-corrected chi connectivity index (χ1v) is 6.88. The number of hydrogen-bond acceptors (Lipinski definition) is 3. The summed E-state index contributed by atoms with van der Waals surface area (Å²) in [4.78, 5) is 11.3. The maximum absolute atomic E-state index is 11.3. The molecular formula is C9H12O3Si. The second-order valence-electron chi connectivity index (χ2n) is 2.97. The highest BCUT2D eigenvalue weighted by Gasteiger charge is 2.12. The van der Waals surface area contributed by atoms with Gasteiger partial charge in [0.2, 0.25) is 9.04 Å². The van der Waals surface area contributed by atoms with Gasteiger partial charge in [0.05, 0.1) is 5.56 Å². The maximum Gasteiger partial charge on any atom is 0.328 e. The van der Waals surface area contributed by atoms with Crippen molar-refractivity contribution in [2.75, 3.05) is 0 Å². The van der Waals surface area contributed by atoms with Crippen molar-refractivity contribution >= 4 is 15.0 Å². The van der Waals surface area contributed by atoms with Crippen LogP contribution in [-0.4, -0.2) is 20.1 Å². The fourth-order valence-electron chi connectivity index (χ4n) is 0.924. The number of carbonyl (C=O) groups excluding carboxylic acids is 1. The van der Waals surface area contributed by atoms with Crippen LogP contribution in [0, 0.1) is 0 Å². The third-order valence-corrected chi connectivity index (χ3v) is 2.15. The van der Waals surface area contributed by atoms with Gasteiger partial charge in [-0.25, -0.2) is 4.79 Å². The predicted octanol–water partition coefficient (Wildman–Crippen LogP) is 1.53. The summed E-state index contributed by atoms with van der Waals surface area (Å²) in [5.41, 5.74) is 0.240. The SMILES string of the molecule is C[SiH](C)OC(=O)c1ccccc1O. The topological polar surface area (TPSA) is 46.5 Å². The van der Waals surface area contributed by atoms with Gasteiger partial charge in [-0.3, -0.25) is 0 Å². The molecular weight excluding hydrogens is 184 g/mol. The lowest BCUT2D eigenvalue weighted by molar-refractivity contribution is 0.0731. The van der Waals surface area contributed by atoms with Gasteiger partial charge in [-0.15, -0.1) is 0 Å². The second-order valence-corrected chi connectivity index (χ2v) is 5.30. The Morgan fingerprint density at radius 2 is 2.00 bits per heavy atom. The average Bonchev–Trinajstić information content (AvgIpc) is 2.03. The Bertz CT molecular complexity index is 309. The number of phenolic OH excluding ortho intramolecular Hbond substituents is 1. The molecule has 0 fully saturated rings. The molecule has 0 bridgehead atoms. The average molecular weight is 196 g/mol. The minimum Gasteiger partial charge on any atom is -0.519 e. The van der Waals surface area contributed by atoms with Crippen LogP contribution >= 0.6 is 0 Å². The van der Waals surface area contributed by atoms with Gasteiger partial charge < -0.3 is 9.53 Å². The molecule has 70 valence electrons. The summed E-state index contributed by atoms with van der Waals surface area (Å²) in [5, 5.41) is 9.31. The van der Waals surface area contributed by atoms with Gasteiger partial charge in [-0.2, -0.15) is 0 Å². The summed E-state index contributed by atoms with van der Waals surface area (Å²) in [6.45, 7) is 3.80. The van der Waals surface area contributed by atoms with Gasteiger partial charge in [0, 0.05) is 0 Å². The number of benzene rings is 1. The Kier molecular flexibility index (Phi) is 3.08. The van der Waals surface area contributed by atoms with Crippen molar-refractivity contribution in [2.45, 2.75) is 13.1 Å². The highest BCUT2D eigenvalue weighted by atomic mass is 28.3. The highest BCUT2D eigenvalue weighted by molar-refractivity contribution is 6.51. The number of aromatic hydroxyl groups is 1. The van der Waals surface area contributed by atoms with Crippen LogP contribution in [0.1, 0.15) is 10.4 Å². The van der Waals surface area contributed by atoms with Crippen molar-refractivity contribution in [2.24, 2.45) is 0 Å². The molecule has 0 atom stereocenters. The molecule has 0 aliphatic heterocycles. The molecule has 0 saturated heterocycles. The molecule has 1 aromatic rings. The standard InChI is InChI=1S/C9H12O3Si/c1-13(2)12-9(11)7-5-3-4-6-8(7)10/h3-6,10,13H,1-2H3. The van der Waals surface area contributed by atoms with E-state index >= 15 is 0 Å². The first kappa shape index (κ1) is 9.79. The molecule has 1 aromatic carbocycles. The van der Waals surface area contributed by atoms with Crippen LogP contribution in [0.4, 0.5) is 0 Å². The van der Waals surface area contributed by atoms with E-state index in [1.54, 1.807) is 18.2 Å². The lowest BCUT2D eigenvalue weighted by atomic mass is 10.2. The zero-order valence-electron chi connectivity index (χ0n) is 7.65. The van der Waals surface area contributed by atoms with E-state index < -0.39 is 15.0 Å². The van der Waals surface area contributed by atoms with Crippen LogP contribution in [0.3, 0.4) is 0 Å². The van der Waals surface area contributed by atoms with Gasteiger partial charge in [0.15, 0.2) is 0 Å². The van der Waals surface area contributed by atoms with Crippen LogP contribution in [0.25, 0.3) is 0 Å². The van der Waals surface area contributed by atoms with Crippen molar-refractivity contribution in [3.05, 3.63) is 29.8 Å². The van der Waals surface area contributed by atoms with Crippen molar-refractivity contribution in [3.63, 3.8) is 0 Å². The zero-order valence-corrected chi connectivity index (χ0v) is 8.81. The maximum atomic E-state index is 11.3. The summed E-state index contributed by atoms with van der Waals surface area (Å²) in [7, 11) is -1.38. The molecule has 1 N–H and O–H groups in total. The van der Waals surface area contributed by atoms with Crippen molar-refractivity contribution in [3.8, 4) is 5.75 Å². The molecule has 0 spiro atoms. The predicted molar refractivity (Wildman–Crippen MR) is 52.4 cm³/mol. The van der Waals surface area contributed by atoms with Crippen LogP contribution in [-0.2, 0) is 4.43 Å². The molecule has 13 heavy (non-hydrogen) atoms. The lowest BCUT2D eigenvalue weighted by Gasteiger charge is -2.07.